The summed E-state index contributed by atoms with van der Waals surface area (Å²) in [6.45, 7) is 5.40. The smallest absolute Gasteiger partial charge is 0.239 e. The van der Waals surface area contributed by atoms with Gasteiger partial charge in [0.2, 0.25) is 5.91 Å². The molecular formula is C17H23N5O2. The predicted octanol–water partition coefficient (Wildman–Crippen LogP) is 1.84. The molecule has 0 aliphatic carbocycles. The zero-order valence-electron chi connectivity index (χ0n) is 14.2. The first-order chi connectivity index (χ1) is 11.2. The number of nitrogens with zero attached hydrogens (tertiary/aromatic N) is 2. The molecule has 1 atom stereocenters. The van der Waals surface area contributed by atoms with E-state index in [9.17, 15) is 14.9 Å². The van der Waals surface area contributed by atoms with Gasteiger partial charge in [-0.1, -0.05) is 13.8 Å². The van der Waals surface area contributed by atoms with E-state index in [0.717, 1.165) is 0 Å². The van der Waals surface area contributed by atoms with Gasteiger partial charge < -0.3 is 16.8 Å². The van der Waals surface area contributed by atoms with Crippen molar-refractivity contribution in [3.8, 4) is 6.07 Å². The minimum absolute atomic E-state index is 0.0137. The molecule has 1 amide bonds. The maximum absolute atomic E-state index is 11.6. The van der Waals surface area contributed by atoms with Crippen LogP contribution in [0.2, 0.25) is 0 Å². The Morgan fingerprint density at radius 1 is 1.33 bits per heavy atom. The molecule has 24 heavy (non-hydrogen) atoms. The van der Waals surface area contributed by atoms with Gasteiger partial charge in [0, 0.05) is 5.69 Å². The van der Waals surface area contributed by atoms with Gasteiger partial charge in [-0.25, -0.2) is 4.99 Å². The van der Waals surface area contributed by atoms with Gasteiger partial charge in [-0.15, -0.1) is 0 Å². The Kier molecular flexibility index (Phi) is 6.93. The van der Waals surface area contributed by atoms with E-state index in [1.807, 2.05) is 19.9 Å². The lowest BCUT2D eigenvalue weighted by molar-refractivity contribution is -0.119. The third-order valence-electron chi connectivity index (χ3n) is 3.20. The molecule has 7 nitrogen and oxygen atoms in total. The van der Waals surface area contributed by atoms with E-state index in [-0.39, 0.29) is 24.0 Å². The number of nitrogens with two attached hydrogens (primary N) is 2. The number of rotatable bonds is 8. The second-order valence-corrected chi connectivity index (χ2v) is 6.05. The van der Waals surface area contributed by atoms with Crippen molar-refractivity contribution in [2.75, 3.05) is 5.32 Å². The van der Waals surface area contributed by atoms with Crippen LogP contribution in [0.1, 0.15) is 39.2 Å². The van der Waals surface area contributed by atoms with Gasteiger partial charge in [-0.05, 0) is 37.5 Å². The minimum Gasteiger partial charge on any atom is -0.387 e. The normalized spacial score (nSPS) is 12.5. The molecule has 0 saturated carbocycles. The molecule has 0 bridgehead atoms. The molecule has 0 aliphatic heterocycles. The lowest BCUT2D eigenvalue weighted by Crippen LogP contribution is -2.36. The Morgan fingerprint density at radius 2 is 2.00 bits per heavy atom. The highest BCUT2D eigenvalue weighted by Crippen LogP contribution is 2.25. The van der Waals surface area contributed by atoms with Crippen LogP contribution in [-0.2, 0) is 9.59 Å². The fourth-order valence-electron chi connectivity index (χ4n) is 2.18. The first kappa shape index (κ1) is 19.2. The molecule has 0 saturated heterocycles. The molecule has 1 rings (SSSR count). The van der Waals surface area contributed by atoms with E-state index in [0.29, 0.717) is 23.4 Å². The summed E-state index contributed by atoms with van der Waals surface area (Å²) >= 11 is 0. The Hall–Kier alpha value is -2.88. The molecule has 0 radical (unpaired) electrons. The number of hydrogen-bond acceptors (Lipinski definition) is 5. The molecule has 0 aromatic heterocycles. The topological polar surface area (TPSA) is 134 Å². The molecule has 1 unspecified atom stereocenters. The van der Waals surface area contributed by atoms with E-state index < -0.39 is 11.9 Å². The molecular weight excluding hydrogens is 306 g/mol. The summed E-state index contributed by atoms with van der Waals surface area (Å²) in [7, 11) is 0. The molecule has 0 heterocycles. The summed E-state index contributed by atoms with van der Waals surface area (Å²) in [6, 6.07) is 6.37. The van der Waals surface area contributed by atoms with Crippen LogP contribution in [0, 0.1) is 17.2 Å². The first-order valence-corrected chi connectivity index (χ1v) is 7.65. The Bertz CT molecular complexity index is 689. The van der Waals surface area contributed by atoms with Gasteiger partial charge in [0.15, 0.2) is 0 Å². The van der Waals surface area contributed by atoms with Crippen molar-refractivity contribution in [1.29, 1.82) is 5.26 Å². The number of nitriles is 1. The van der Waals surface area contributed by atoms with Crippen LogP contribution in [0.3, 0.4) is 0 Å². The number of aliphatic imine (C=N–C) groups is 1. The SMILES string of the molecule is CC(=O)CC(N)=Nc1cc(NC(CC(C)C)C(N)=O)ccc1C#N. The molecule has 0 spiro atoms. The summed E-state index contributed by atoms with van der Waals surface area (Å²) in [5, 5.41) is 12.2. The number of primary amides is 1. The number of hydrogen-bond donors (Lipinski definition) is 3. The van der Waals surface area contributed by atoms with Crippen molar-refractivity contribution in [1.82, 2.24) is 0 Å². The molecule has 0 aliphatic rings. The van der Waals surface area contributed by atoms with Crippen molar-refractivity contribution >= 4 is 28.9 Å². The summed E-state index contributed by atoms with van der Waals surface area (Å²) in [5.74, 6) is -0.147. The molecule has 5 N–H and O–H groups in total. The monoisotopic (exact) mass is 329 g/mol. The Morgan fingerprint density at radius 3 is 2.50 bits per heavy atom. The van der Waals surface area contributed by atoms with Crippen LogP contribution in [0.15, 0.2) is 23.2 Å². The number of anilines is 1. The van der Waals surface area contributed by atoms with Crippen LogP contribution in [0.25, 0.3) is 0 Å². The number of carbonyl (C=O) groups excluding carboxylic acids is 2. The number of amidine groups is 1. The standard InChI is InChI=1S/C17H23N5O2/c1-10(2)6-15(17(20)24)21-13-5-4-12(9-18)14(8-13)22-16(19)7-11(3)23/h4-5,8,10,15,21H,6-7H2,1-3H3,(H2,19,22)(H2,20,24). The van der Waals surface area contributed by atoms with Crippen LogP contribution >= 0.6 is 0 Å². The van der Waals surface area contributed by atoms with Crippen LogP contribution in [0.5, 0.6) is 0 Å². The highest BCUT2D eigenvalue weighted by atomic mass is 16.1. The van der Waals surface area contributed by atoms with Crippen LogP contribution in [-0.4, -0.2) is 23.6 Å². The van der Waals surface area contributed by atoms with E-state index in [1.54, 1.807) is 18.2 Å². The quantitative estimate of drug-likeness (QED) is 0.494. The number of Topliss-reactive ketones (excluding diaryl/α,β-unsaturated/α-hetero) is 1. The van der Waals surface area contributed by atoms with Crippen LogP contribution < -0.4 is 16.8 Å². The minimum atomic E-state index is -0.524. The van der Waals surface area contributed by atoms with Gasteiger partial charge >= 0.3 is 0 Å². The fourth-order valence-corrected chi connectivity index (χ4v) is 2.18. The highest BCUT2D eigenvalue weighted by Gasteiger charge is 2.17. The molecule has 1 aromatic rings. The summed E-state index contributed by atoms with van der Waals surface area (Å²) in [5.41, 5.74) is 12.4. The van der Waals surface area contributed by atoms with Gasteiger partial charge in [0.05, 0.1) is 17.7 Å². The van der Waals surface area contributed by atoms with Crippen molar-refractivity contribution in [3.05, 3.63) is 23.8 Å². The Balaban J connectivity index is 3.10. The van der Waals surface area contributed by atoms with Crippen LogP contribution in [0.4, 0.5) is 11.4 Å². The molecule has 7 heteroatoms. The summed E-state index contributed by atoms with van der Waals surface area (Å²) in [4.78, 5) is 26.8. The number of benzene rings is 1. The Labute approximate surface area is 141 Å². The number of carbonyl (C=O) groups is 2. The van der Waals surface area contributed by atoms with E-state index in [4.69, 9.17) is 11.5 Å². The van der Waals surface area contributed by atoms with E-state index in [1.165, 1.54) is 6.92 Å². The summed E-state index contributed by atoms with van der Waals surface area (Å²) < 4.78 is 0. The van der Waals surface area contributed by atoms with Gasteiger partial charge in [-0.2, -0.15) is 5.26 Å². The lowest BCUT2D eigenvalue weighted by atomic mass is 10.0. The van der Waals surface area contributed by atoms with Crippen molar-refractivity contribution < 1.29 is 9.59 Å². The van der Waals surface area contributed by atoms with Crippen molar-refractivity contribution in [2.24, 2.45) is 22.4 Å². The van der Waals surface area contributed by atoms with Gasteiger partial charge in [-0.3, -0.25) is 9.59 Å². The predicted molar refractivity (Wildman–Crippen MR) is 93.8 cm³/mol. The van der Waals surface area contributed by atoms with Crippen molar-refractivity contribution in [3.63, 3.8) is 0 Å². The molecule has 0 fully saturated rings. The zero-order chi connectivity index (χ0) is 18.3. The van der Waals surface area contributed by atoms with Crippen molar-refractivity contribution in [2.45, 2.75) is 39.7 Å². The summed E-state index contributed by atoms with van der Waals surface area (Å²) in [6.07, 6.45) is 0.597. The first-order valence-electron chi connectivity index (χ1n) is 7.65. The van der Waals surface area contributed by atoms with Gasteiger partial charge in [0.25, 0.3) is 0 Å². The average molecular weight is 329 g/mol. The maximum atomic E-state index is 11.6. The van der Waals surface area contributed by atoms with E-state index >= 15 is 0 Å². The number of ketones is 1. The molecule has 128 valence electrons. The third kappa shape index (κ3) is 6.08. The average Bonchev–Trinajstić information content (AvgIpc) is 2.45. The second-order valence-electron chi connectivity index (χ2n) is 6.05. The second kappa shape index (κ2) is 8.67. The van der Waals surface area contributed by atoms with E-state index in [2.05, 4.69) is 10.3 Å². The van der Waals surface area contributed by atoms with Gasteiger partial charge in [0.1, 0.15) is 23.7 Å². The zero-order valence-corrected chi connectivity index (χ0v) is 14.2. The molecule has 1 aromatic carbocycles. The third-order valence-corrected chi connectivity index (χ3v) is 3.20. The lowest BCUT2D eigenvalue weighted by Gasteiger charge is -2.19. The largest absolute Gasteiger partial charge is 0.387 e. The number of amides is 1. The fraction of sp³-hybridized carbons (Fsp3) is 0.412. The highest BCUT2D eigenvalue weighted by molar-refractivity contribution is 6.00. The number of nitrogens with one attached hydrogen (secondary N) is 1. The maximum Gasteiger partial charge on any atom is 0.239 e.